The zero-order valence-electron chi connectivity index (χ0n) is 10.5. The van der Waals surface area contributed by atoms with Crippen LogP contribution in [0.3, 0.4) is 0 Å². The highest BCUT2D eigenvalue weighted by atomic mass is 15.0. The van der Waals surface area contributed by atoms with Crippen molar-refractivity contribution >= 4 is 5.69 Å². The second-order valence-corrected chi connectivity index (χ2v) is 5.67. The van der Waals surface area contributed by atoms with Crippen molar-refractivity contribution in [1.29, 1.82) is 0 Å². The standard InChI is InChI=1S/C14H22N2/c1-14(2,3)15-10-12-9-8-11-6-4-5-7-13(11)16-12/h4-7,12,15-16H,8-10H2,1-3H3. The van der Waals surface area contributed by atoms with Gasteiger partial charge in [-0.25, -0.2) is 0 Å². The first-order valence-electron chi connectivity index (χ1n) is 6.14. The minimum absolute atomic E-state index is 0.207. The van der Waals surface area contributed by atoms with Crippen molar-refractivity contribution in [3.05, 3.63) is 29.8 Å². The first kappa shape index (κ1) is 11.5. The van der Waals surface area contributed by atoms with E-state index in [1.54, 1.807) is 0 Å². The molecule has 2 rings (SSSR count). The highest BCUT2D eigenvalue weighted by Crippen LogP contribution is 2.24. The van der Waals surface area contributed by atoms with Crippen molar-refractivity contribution in [2.45, 2.75) is 45.2 Å². The van der Waals surface area contributed by atoms with E-state index in [0.29, 0.717) is 6.04 Å². The number of anilines is 1. The molecule has 0 spiro atoms. The van der Waals surface area contributed by atoms with Crippen LogP contribution < -0.4 is 10.6 Å². The molecule has 1 atom stereocenters. The lowest BCUT2D eigenvalue weighted by Crippen LogP contribution is -2.44. The number of aryl methyl sites for hydroxylation is 1. The summed E-state index contributed by atoms with van der Waals surface area (Å²) in [6, 6.07) is 9.18. The quantitative estimate of drug-likeness (QED) is 0.797. The molecule has 88 valence electrons. The largest absolute Gasteiger partial charge is 0.381 e. The maximum Gasteiger partial charge on any atom is 0.0389 e. The maximum absolute atomic E-state index is 3.61. The van der Waals surface area contributed by atoms with Gasteiger partial charge >= 0.3 is 0 Å². The fourth-order valence-corrected chi connectivity index (χ4v) is 2.08. The molecule has 16 heavy (non-hydrogen) atoms. The molecule has 1 aliphatic heterocycles. The third kappa shape index (κ3) is 2.99. The third-order valence-corrected chi connectivity index (χ3v) is 3.02. The SMILES string of the molecule is CC(C)(C)NCC1CCc2ccccc2N1. The maximum atomic E-state index is 3.61. The number of rotatable bonds is 2. The van der Waals surface area contributed by atoms with Gasteiger partial charge < -0.3 is 10.6 Å². The lowest BCUT2D eigenvalue weighted by molar-refractivity contribution is 0.404. The van der Waals surface area contributed by atoms with Gasteiger partial charge in [0, 0.05) is 23.8 Å². The number of benzene rings is 1. The van der Waals surface area contributed by atoms with Gasteiger partial charge in [0.15, 0.2) is 0 Å². The number of hydrogen-bond donors (Lipinski definition) is 2. The second kappa shape index (κ2) is 4.46. The van der Waals surface area contributed by atoms with E-state index in [-0.39, 0.29) is 5.54 Å². The summed E-state index contributed by atoms with van der Waals surface area (Å²) in [6.45, 7) is 7.68. The summed E-state index contributed by atoms with van der Waals surface area (Å²) in [6.07, 6.45) is 2.42. The van der Waals surface area contributed by atoms with Gasteiger partial charge in [0.05, 0.1) is 0 Å². The third-order valence-electron chi connectivity index (χ3n) is 3.02. The predicted molar refractivity (Wildman–Crippen MR) is 69.9 cm³/mol. The number of fused-ring (bicyclic) bond motifs is 1. The molecule has 0 radical (unpaired) electrons. The molecule has 0 amide bonds. The molecular weight excluding hydrogens is 196 g/mol. The fraction of sp³-hybridized carbons (Fsp3) is 0.571. The average Bonchev–Trinajstić information content (AvgIpc) is 2.25. The van der Waals surface area contributed by atoms with Gasteiger partial charge in [0.1, 0.15) is 0 Å². The Balaban J connectivity index is 1.93. The topological polar surface area (TPSA) is 24.1 Å². The van der Waals surface area contributed by atoms with E-state index in [4.69, 9.17) is 0 Å². The van der Waals surface area contributed by atoms with E-state index in [9.17, 15) is 0 Å². The molecule has 1 heterocycles. The Kier molecular flexibility index (Phi) is 3.20. The van der Waals surface area contributed by atoms with Crippen LogP contribution in [0.5, 0.6) is 0 Å². The Bertz CT molecular complexity index is 352. The van der Waals surface area contributed by atoms with Crippen LogP contribution in [0.25, 0.3) is 0 Å². The van der Waals surface area contributed by atoms with E-state index in [2.05, 4.69) is 55.7 Å². The molecule has 1 aromatic carbocycles. The van der Waals surface area contributed by atoms with Crippen LogP contribution in [-0.2, 0) is 6.42 Å². The Labute approximate surface area is 98.4 Å². The normalized spacial score (nSPS) is 20.1. The minimum Gasteiger partial charge on any atom is -0.381 e. The molecule has 1 unspecified atom stereocenters. The predicted octanol–water partition coefficient (Wildman–Crippen LogP) is 2.80. The zero-order valence-corrected chi connectivity index (χ0v) is 10.5. The summed E-state index contributed by atoms with van der Waals surface area (Å²) < 4.78 is 0. The molecule has 0 fully saturated rings. The summed E-state index contributed by atoms with van der Waals surface area (Å²) in [5.74, 6) is 0. The molecule has 0 saturated heterocycles. The second-order valence-electron chi connectivity index (χ2n) is 5.67. The lowest BCUT2D eigenvalue weighted by atomic mass is 9.97. The minimum atomic E-state index is 0.207. The molecule has 2 N–H and O–H groups in total. The van der Waals surface area contributed by atoms with Crippen LogP contribution in [0.1, 0.15) is 32.8 Å². The summed E-state index contributed by atoms with van der Waals surface area (Å²) >= 11 is 0. The average molecular weight is 218 g/mol. The van der Waals surface area contributed by atoms with Crippen molar-refractivity contribution in [2.75, 3.05) is 11.9 Å². The molecule has 0 saturated carbocycles. The van der Waals surface area contributed by atoms with Crippen molar-refractivity contribution in [1.82, 2.24) is 5.32 Å². The van der Waals surface area contributed by atoms with Crippen molar-refractivity contribution in [3.63, 3.8) is 0 Å². The molecule has 0 aromatic heterocycles. The molecule has 0 aliphatic carbocycles. The van der Waals surface area contributed by atoms with Crippen LogP contribution in [0.15, 0.2) is 24.3 Å². The Hall–Kier alpha value is -1.02. The summed E-state index contributed by atoms with van der Waals surface area (Å²) in [7, 11) is 0. The summed E-state index contributed by atoms with van der Waals surface area (Å²) in [5.41, 5.74) is 2.97. The van der Waals surface area contributed by atoms with Gasteiger partial charge in [-0.1, -0.05) is 18.2 Å². The first-order valence-corrected chi connectivity index (χ1v) is 6.14. The Morgan fingerprint density at radius 2 is 2.06 bits per heavy atom. The zero-order chi connectivity index (χ0) is 11.6. The van der Waals surface area contributed by atoms with E-state index < -0.39 is 0 Å². The Morgan fingerprint density at radius 1 is 1.31 bits per heavy atom. The number of hydrogen-bond acceptors (Lipinski definition) is 2. The molecule has 0 bridgehead atoms. The molecule has 2 nitrogen and oxygen atoms in total. The first-order chi connectivity index (χ1) is 7.54. The molecule has 1 aromatic rings. The van der Waals surface area contributed by atoms with Crippen LogP contribution >= 0.6 is 0 Å². The summed E-state index contributed by atoms with van der Waals surface area (Å²) in [4.78, 5) is 0. The molecule has 1 aliphatic rings. The van der Waals surface area contributed by atoms with Gasteiger partial charge in [-0.15, -0.1) is 0 Å². The van der Waals surface area contributed by atoms with E-state index in [1.807, 2.05) is 0 Å². The van der Waals surface area contributed by atoms with Crippen molar-refractivity contribution < 1.29 is 0 Å². The van der Waals surface area contributed by atoms with Crippen LogP contribution in [0.2, 0.25) is 0 Å². The van der Waals surface area contributed by atoms with Crippen LogP contribution in [0.4, 0.5) is 5.69 Å². The highest BCUT2D eigenvalue weighted by molar-refractivity contribution is 5.53. The molecular formula is C14H22N2. The molecule has 2 heteroatoms. The number of nitrogens with one attached hydrogen (secondary N) is 2. The smallest absolute Gasteiger partial charge is 0.0389 e. The summed E-state index contributed by atoms with van der Waals surface area (Å²) in [5, 5.41) is 7.17. The van der Waals surface area contributed by atoms with E-state index >= 15 is 0 Å². The Morgan fingerprint density at radius 3 is 2.81 bits per heavy atom. The van der Waals surface area contributed by atoms with Gasteiger partial charge in [0.25, 0.3) is 0 Å². The van der Waals surface area contributed by atoms with Crippen molar-refractivity contribution in [2.24, 2.45) is 0 Å². The monoisotopic (exact) mass is 218 g/mol. The van der Waals surface area contributed by atoms with Gasteiger partial charge in [0.2, 0.25) is 0 Å². The van der Waals surface area contributed by atoms with Gasteiger partial charge in [-0.2, -0.15) is 0 Å². The van der Waals surface area contributed by atoms with E-state index in [1.165, 1.54) is 24.1 Å². The van der Waals surface area contributed by atoms with Crippen LogP contribution in [-0.4, -0.2) is 18.1 Å². The number of para-hydroxylation sites is 1. The van der Waals surface area contributed by atoms with Crippen LogP contribution in [0, 0.1) is 0 Å². The highest BCUT2D eigenvalue weighted by Gasteiger charge is 2.18. The fourth-order valence-electron chi connectivity index (χ4n) is 2.08. The van der Waals surface area contributed by atoms with Crippen molar-refractivity contribution in [3.8, 4) is 0 Å². The van der Waals surface area contributed by atoms with Gasteiger partial charge in [-0.05, 0) is 45.2 Å². The van der Waals surface area contributed by atoms with E-state index in [0.717, 1.165) is 6.54 Å². The lowest BCUT2D eigenvalue weighted by Gasteiger charge is -2.30. The van der Waals surface area contributed by atoms with Gasteiger partial charge in [-0.3, -0.25) is 0 Å².